The van der Waals surface area contributed by atoms with Gasteiger partial charge in [0.25, 0.3) is 0 Å². The van der Waals surface area contributed by atoms with Crippen LogP contribution in [0, 0.1) is 5.25 Å². The van der Waals surface area contributed by atoms with Crippen molar-refractivity contribution in [2.75, 3.05) is 6.26 Å². The standard InChI is InChI=1S/C4H9S2/c1-4(2)6-5-3/h1-3H3. The van der Waals surface area contributed by atoms with Crippen LogP contribution in [0.2, 0.25) is 0 Å². The van der Waals surface area contributed by atoms with Gasteiger partial charge >= 0.3 is 0 Å². The molecule has 0 amide bonds. The predicted molar refractivity (Wildman–Crippen MR) is 35.7 cm³/mol. The van der Waals surface area contributed by atoms with E-state index in [4.69, 9.17) is 0 Å². The second-order valence-electron chi connectivity index (χ2n) is 1.16. The first-order valence-electron chi connectivity index (χ1n) is 1.78. The molecule has 0 N–H and O–H groups in total. The molecule has 6 heavy (non-hydrogen) atoms. The first kappa shape index (κ1) is 6.70. The Bertz CT molecular complexity index is 26.7. The molecule has 0 nitrogen and oxygen atoms in total. The van der Waals surface area contributed by atoms with Crippen LogP contribution in [0.4, 0.5) is 0 Å². The normalized spacial score (nSPS) is 10.0. The third-order valence-electron chi connectivity index (χ3n) is 0.250. The summed E-state index contributed by atoms with van der Waals surface area (Å²) in [6.07, 6.45) is 2.08. The third kappa shape index (κ3) is 4.70. The molecule has 0 aromatic rings. The molecule has 2 heteroatoms. The van der Waals surface area contributed by atoms with Crippen LogP contribution in [0.15, 0.2) is 0 Å². The van der Waals surface area contributed by atoms with Gasteiger partial charge in [0.1, 0.15) is 0 Å². The molecule has 0 aromatic carbocycles. The van der Waals surface area contributed by atoms with Crippen LogP contribution in [-0.4, -0.2) is 6.26 Å². The molecule has 0 spiro atoms. The summed E-state index contributed by atoms with van der Waals surface area (Å²) in [7, 11) is 3.61. The van der Waals surface area contributed by atoms with Crippen molar-refractivity contribution in [2.45, 2.75) is 13.8 Å². The summed E-state index contributed by atoms with van der Waals surface area (Å²) < 4.78 is 0. The lowest BCUT2D eigenvalue weighted by Gasteiger charge is -1.94. The molecule has 0 heterocycles. The van der Waals surface area contributed by atoms with E-state index >= 15 is 0 Å². The molecule has 0 atom stereocenters. The van der Waals surface area contributed by atoms with Gasteiger partial charge in [0.15, 0.2) is 0 Å². The lowest BCUT2D eigenvalue weighted by Crippen LogP contribution is -1.64. The van der Waals surface area contributed by atoms with Crippen LogP contribution in [0.25, 0.3) is 0 Å². The van der Waals surface area contributed by atoms with Gasteiger partial charge in [0.2, 0.25) is 0 Å². The largest absolute Gasteiger partial charge is 0.0970 e. The molecule has 0 bridgehead atoms. The maximum absolute atomic E-state index is 2.11. The Balaban J connectivity index is 2.63. The van der Waals surface area contributed by atoms with Crippen LogP contribution in [0.3, 0.4) is 0 Å². The van der Waals surface area contributed by atoms with Crippen LogP contribution >= 0.6 is 21.6 Å². The molecule has 37 valence electrons. The summed E-state index contributed by atoms with van der Waals surface area (Å²) in [4.78, 5) is 0. The predicted octanol–water partition coefficient (Wildman–Crippen LogP) is 2.57. The molecule has 0 aliphatic rings. The Morgan fingerprint density at radius 1 is 1.33 bits per heavy atom. The molecular formula is C4H9S2. The molecular weight excluding hydrogens is 112 g/mol. The summed E-state index contributed by atoms with van der Waals surface area (Å²) in [6.45, 7) is 4.22. The summed E-state index contributed by atoms with van der Waals surface area (Å²) in [5.74, 6) is 0. The van der Waals surface area contributed by atoms with Crippen molar-refractivity contribution in [3.8, 4) is 0 Å². The van der Waals surface area contributed by atoms with E-state index < -0.39 is 0 Å². The van der Waals surface area contributed by atoms with E-state index in [2.05, 4.69) is 20.1 Å². The number of rotatable bonds is 2. The monoisotopic (exact) mass is 121 g/mol. The average molecular weight is 121 g/mol. The fraction of sp³-hybridized carbons (Fsp3) is 0.750. The quantitative estimate of drug-likeness (QED) is 0.515. The van der Waals surface area contributed by atoms with Crippen molar-refractivity contribution >= 4 is 21.6 Å². The number of hydrogen-bond donors (Lipinski definition) is 0. The number of hydrogen-bond acceptors (Lipinski definition) is 2. The van der Waals surface area contributed by atoms with Crippen LogP contribution < -0.4 is 0 Å². The van der Waals surface area contributed by atoms with Crippen molar-refractivity contribution in [3.05, 3.63) is 5.25 Å². The minimum absolute atomic E-state index is 1.42. The molecule has 0 saturated heterocycles. The van der Waals surface area contributed by atoms with Crippen LogP contribution in [-0.2, 0) is 0 Å². The Morgan fingerprint density at radius 2 is 1.83 bits per heavy atom. The Kier molecular flexibility index (Phi) is 4.33. The van der Waals surface area contributed by atoms with E-state index in [1.807, 2.05) is 10.8 Å². The van der Waals surface area contributed by atoms with Crippen molar-refractivity contribution < 1.29 is 0 Å². The van der Waals surface area contributed by atoms with Crippen LogP contribution in [0.5, 0.6) is 0 Å². The third-order valence-corrected chi connectivity index (χ3v) is 2.25. The van der Waals surface area contributed by atoms with E-state index in [1.54, 1.807) is 10.8 Å². The first-order valence-corrected chi connectivity index (χ1v) is 4.34. The lowest BCUT2D eigenvalue weighted by molar-refractivity contribution is 1.35. The highest BCUT2D eigenvalue weighted by atomic mass is 33.1. The highest BCUT2D eigenvalue weighted by Crippen LogP contribution is 2.27. The second-order valence-corrected chi connectivity index (χ2v) is 3.97. The van der Waals surface area contributed by atoms with E-state index in [9.17, 15) is 0 Å². The summed E-state index contributed by atoms with van der Waals surface area (Å²) >= 11 is 0. The van der Waals surface area contributed by atoms with Gasteiger partial charge in [-0.2, -0.15) is 0 Å². The van der Waals surface area contributed by atoms with Gasteiger partial charge < -0.3 is 0 Å². The van der Waals surface area contributed by atoms with E-state index in [-0.39, 0.29) is 0 Å². The molecule has 0 aliphatic carbocycles. The molecule has 0 fully saturated rings. The van der Waals surface area contributed by atoms with Gasteiger partial charge in [-0.3, -0.25) is 0 Å². The molecule has 0 unspecified atom stereocenters. The maximum Gasteiger partial charge on any atom is 0.0356 e. The highest BCUT2D eigenvalue weighted by molar-refractivity contribution is 8.77. The molecule has 1 radical (unpaired) electrons. The zero-order valence-corrected chi connectivity index (χ0v) is 5.95. The maximum atomic E-state index is 2.11. The van der Waals surface area contributed by atoms with Crippen molar-refractivity contribution in [2.24, 2.45) is 0 Å². The molecule has 0 saturated carbocycles. The molecule has 0 aromatic heterocycles. The molecule has 0 rings (SSSR count). The highest BCUT2D eigenvalue weighted by Gasteiger charge is 1.87. The van der Waals surface area contributed by atoms with Gasteiger partial charge in [-0.1, -0.05) is 21.6 Å². The van der Waals surface area contributed by atoms with Crippen molar-refractivity contribution in [3.63, 3.8) is 0 Å². The van der Waals surface area contributed by atoms with Gasteiger partial charge in [-0.05, 0) is 20.1 Å². The van der Waals surface area contributed by atoms with Gasteiger partial charge in [0, 0.05) is 5.25 Å². The van der Waals surface area contributed by atoms with E-state index in [1.165, 1.54) is 5.25 Å². The summed E-state index contributed by atoms with van der Waals surface area (Å²) in [5.41, 5.74) is 0. The van der Waals surface area contributed by atoms with Gasteiger partial charge in [0.05, 0.1) is 0 Å². The minimum Gasteiger partial charge on any atom is -0.0970 e. The fourth-order valence-electron chi connectivity index (χ4n) is 0.167. The lowest BCUT2D eigenvalue weighted by atomic mass is 10.6. The van der Waals surface area contributed by atoms with Crippen LogP contribution in [0.1, 0.15) is 13.8 Å². The zero-order chi connectivity index (χ0) is 4.99. The molecule has 0 aliphatic heterocycles. The van der Waals surface area contributed by atoms with Gasteiger partial charge in [-0.25, -0.2) is 0 Å². The van der Waals surface area contributed by atoms with E-state index in [0.29, 0.717) is 0 Å². The smallest absolute Gasteiger partial charge is 0.0356 e. The fourth-order valence-corrected chi connectivity index (χ4v) is 1.50. The van der Waals surface area contributed by atoms with Crippen molar-refractivity contribution in [1.82, 2.24) is 0 Å². The Labute approximate surface area is 47.5 Å². The van der Waals surface area contributed by atoms with Gasteiger partial charge in [-0.15, -0.1) is 0 Å². The average Bonchev–Trinajstić information content (AvgIpc) is 1.35. The van der Waals surface area contributed by atoms with E-state index in [0.717, 1.165) is 0 Å². The Morgan fingerprint density at radius 3 is 1.83 bits per heavy atom. The summed E-state index contributed by atoms with van der Waals surface area (Å²) in [6, 6.07) is 0. The zero-order valence-electron chi connectivity index (χ0n) is 4.32. The SMILES string of the molecule is CSS[C](C)C. The Hall–Kier alpha value is 0.700. The second kappa shape index (κ2) is 3.88. The topological polar surface area (TPSA) is 0 Å². The summed E-state index contributed by atoms with van der Waals surface area (Å²) in [5, 5.41) is 1.42. The minimum atomic E-state index is 1.42. The first-order chi connectivity index (χ1) is 2.77. The van der Waals surface area contributed by atoms with Crippen molar-refractivity contribution in [1.29, 1.82) is 0 Å².